The number of fused-ring (bicyclic) bond motifs is 1. The first-order valence-corrected chi connectivity index (χ1v) is 10.1. The van der Waals surface area contributed by atoms with Crippen LogP contribution in [0.4, 0.5) is 0 Å². The highest BCUT2D eigenvalue weighted by Gasteiger charge is 2.25. The molecule has 0 aliphatic carbocycles. The molecule has 29 heavy (non-hydrogen) atoms. The zero-order valence-electron chi connectivity index (χ0n) is 15.3. The Bertz CT molecular complexity index is 1300. The van der Waals surface area contributed by atoms with Crippen LogP contribution in [-0.2, 0) is 10.0 Å². The lowest BCUT2D eigenvalue weighted by Crippen LogP contribution is -2.31. The number of amides is 1. The number of carbonyl (C=O) groups is 1. The van der Waals surface area contributed by atoms with Crippen LogP contribution in [0.15, 0.2) is 78.1 Å². The first-order valence-electron chi connectivity index (χ1n) is 8.58. The van der Waals surface area contributed by atoms with Gasteiger partial charge in [-0.15, -0.1) is 0 Å². The number of methoxy groups -OCH3 is 1. The van der Waals surface area contributed by atoms with Crippen molar-refractivity contribution in [2.24, 2.45) is 0 Å². The minimum atomic E-state index is -4.15. The molecule has 0 spiro atoms. The Morgan fingerprint density at radius 3 is 2.62 bits per heavy atom. The number of pyridine rings is 1. The predicted octanol–water partition coefficient (Wildman–Crippen LogP) is 2.55. The van der Waals surface area contributed by atoms with Gasteiger partial charge in [-0.2, -0.15) is 5.10 Å². The number of aromatic nitrogens is 3. The Kier molecular flexibility index (Phi) is 4.73. The molecule has 2 aromatic carbocycles. The molecule has 0 fully saturated rings. The number of hydrogen-bond donors (Lipinski definition) is 1. The number of sulfonamides is 1. The van der Waals surface area contributed by atoms with E-state index in [9.17, 15) is 13.2 Å². The molecule has 0 atom stereocenters. The third kappa shape index (κ3) is 3.55. The van der Waals surface area contributed by atoms with Crippen LogP contribution >= 0.6 is 0 Å². The predicted molar refractivity (Wildman–Crippen MR) is 107 cm³/mol. The van der Waals surface area contributed by atoms with Gasteiger partial charge in [-0.3, -0.25) is 9.78 Å². The third-order valence-electron chi connectivity index (χ3n) is 4.29. The van der Waals surface area contributed by atoms with Crippen molar-refractivity contribution in [1.29, 1.82) is 0 Å². The summed E-state index contributed by atoms with van der Waals surface area (Å²) in [7, 11) is -2.76. The van der Waals surface area contributed by atoms with Crippen LogP contribution in [0.2, 0.25) is 0 Å². The van der Waals surface area contributed by atoms with Crippen LogP contribution in [0.3, 0.4) is 0 Å². The van der Waals surface area contributed by atoms with Crippen molar-refractivity contribution in [1.82, 2.24) is 19.5 Å². The maximum atomic E-state index is 12.9. The highest BCUT2D eigenvalue weighted by molar-refractivity contribution is 7.90. The zero-order valence-corrected chi connectivity index (χ0v) is 16.1. The van der Waals surface area contributed by atoms with Gasteiger partial charge in [0.2, 0.25) is 0 Å². The van der Waals surface area contributed by atoms with Crippen molar-refractivity contribution in [3.8, 4) is 11.4 Å². The number of rotatable bonds is 5. The van der Waals surface area contributed by atoms with Gasteiger partial charge in [-0.05, 0) is 24.3 Å². The summed E-state index contributed by atoms with van der Waals surface area (Å²) in [5.41, 5.74) is 0.566. The molecule has 1 N–H and O–H groups in total. The van der Waals surface area contributed by atoms with Crippen molar-refractivity contribution in [3.05, 3.63) is 78.9 Å². The second-order valence-electron chi connectivity index (χ2n) is 6.11. The average Bonchev–Trinajstić information content (AvgIpc) is 3.18. The molecule has 0 radical (unpaired) electrons. The van der Waals surface area contributed by atoms with Gasteiger partial charge < -0.3 is 4.74 Å². The third-order valence-corrected chi connectivity index (χ3v) is 5.68. The van der Waals surface area contributed by atoms with E-state index in [0.717, 1.165) is 0 Å². The molecular formula is C20H16N4O4S. The van der Waals surface area contributed by atoms with E-state index < -0.39 is 15.9 Å². The fourth-order valence-corrected chi connectivity index (χ4v) is 4.11. The quantitative estimate of drug-likeness (QED) is 0.544. The van der Waals surface area contributed by atoms with Gasteiger partial charge in [0.15, 0.2) is 11.4 Å². The summed E-state index contributed by atoms with van der Waals surface area (Å²) in [5, 5.41) is 5.31. The minimum Gasteiger partial charge on any atom is -0.493 e. The van der Waals surface area contributed by atoms with Gasteiger partial charge in [0.25, 0.3) is 15.9 Å². The molecule has 0 aliphatic heterocycles. The van der Waals surface area contributed by atoms with Gasteiger partial charge in [-0.1, -0.05) is 30.3 Å². The van der Waals surface area contributed by atoms with Crippen molar-refractivity contribution < 1.29 is 17.9 Å². The van der Waals surface area contributed by atoms with E-state index in [1.54, 1.807) is 36.5 Å². The van der Waals surface area contributed by atoms with Crippen LogP contribution in [0.1, 0.15) is 10.5 Å². The van der Waals surface area contributed by atoms with Gasteiger partial charge in [0.05, 0.1) is 23.9 Å². The summed E-state index contributed by atoms with van der Waals surface area (Å²) in [6.07, 6.45) is 4.56. The van der Waals surface area contributed by atoms with Crippen LogP contribution in [0.25, 0.3) is 16.5 Å². The molecule has 0 saturated heterocycles. The molecule has 2 heterocycles. The highest BCUT2D eigenvalue weighted by atomic mass is 32.2. The SMILES string of the molecule is COc1cn(-c2ccccc2)nc1C(=O)NS(=O)(=O)c1cccc2cnccc12. The zero-order chi connectivity index (χ0) is 20.4. The molecule has 146 valence electrons. The molecular weight excluding hydrogens is 392 g/mol. The number of nitrogens with one attached hydrogen (secondary N) is 1. The van der Waals surface area contributed by atoms with Crippen molar-refractivity contribution in [2.45, 2.75) is 4.90 Å². The number of benzene rings is 2. The van der Waals surface area contributed by atoms with Gasteiger partial charge >= 0.3 is 0 Å². The van der Waals surface area contributed by atoms with E-state index in [4.69, 9.17) is 4.74 Å². The van der Waals surface area contributed by atoms with E-state index in [-0.39, 0.29) is 16.3 Å². The summed E-state index contributed by atoms with van der Waals surface area (Å²) in [5.74, 6) is -0.730. The largest absolute Gasteiger partial charge is 0.493 e. The minimum absolute atomic E-state index is 0.0211. The summed E-state index contributed by atoms with van der Waals surface area (Å²) in [4.78, 5) is 16.7. The average molecular weight is 408 g/mol. The molecule has 4 rings (SSSR count). The van der Waals surface area contributed by atoms with Crippen molar-refractivity contribution in [2.75, 3.05) is 7.11 Å². The fourth-order valence-electron chi connectivity index (χ4n) is 2.93. The number of para-hydroxylation sites is 1. The van der Waals surface area contributed by atoms with E-state index >= 15 is 0 Å². The Morgan fingerprint density at radius 1 is 1.07 bits per heavy atom. The molecule has 0 bridgehead atoms. The van der Waals surface area contributed by atoms with E-state index in [1.165, 1.54) is 30.3 Å². The molecule has 0 unspecified atom stereocenters. The lowest BCUT2D eigenvalue weighted by atomic mass is 10.2. The second kappa shape index (κ2) is 7.36. The van der Waals surface area contributed by atoms with E-state index in [0.29, 0.717) is 16.5 Å². The molecule has 9 heteroatoms. The van der Waals surface area contributed by atoms with Crippen molar-refractivity contribution >= 4 is 26.7 Å². The number of carbonyl (C=O) groups excluding carboxylic acids is 1. The van der Waals surface area contributed by atoms with Gasteiger partial charge in [-0.25, -0.2) is 17.8 Å². The number of hydrogen-bond acceptors (Lipinski definition) is 6. The lowest BCUT2D eigenvalue weighted by molar-refractivity contribution is 0.0973. The first kappa shape index (κ1) is 18.6. The number of ether oxygens (including phenoxy) is 1. The Balaban J connectivity index is 1.69. The van der Waals surface area contributed by atoms with Crippen molar-refractivity contribution in [3.63, 3.8) is 0 Å². The number of nitrogens with zero attached hydrogens (tertiary/aromatic N) is 3. The Hall–Kier alpha value is -3.72. The first-order chi connectivity index (χ1) is 14.0. The standard InChI is InChI=1S/C20H16N4O4S/c1-28-17-13-24(15-7-3-2-4-8-15)22-19(17)20(25)23-29(26,27)18-9-5-6-14-12-21-11-10-16(14)18/h2-13H,1H3,(H,23,25). The Morgan fingerprint density at radius 2 is 1.86 bits per heavy atom. The molecule has 2 aromatic heterocycles. The maximum absolute atomic E-state index is 12.9. The molecule has 0 saturated carbocycles. The summed E-state index contributed by atoms with van der Waals surface area (Å²) < 4.78 is 34.5. The smallest absolute Gasteiger partial charge is 0.289 e. The molecule has 4 aromatic rings. The Labute approximate surface area is 166 Å². The summed E-state index contributed by atoms with van der Waals surface area (Å²) >= 11 is 0. The van der Waals surface area contributed by atoms with E-state index in [1.807, 2.05) is 18.2 Å². The summed E-state index contributed by atoms with van der Waals surface area (Å²) in [6, 6.07) is 15.4. The van der Waals surface area contributed by atoms with Crippen LogP contribution in [0.5, 0.6) is 5.75 Å². The van der Waals surface area contributed by atoms with E-state index in [2.05, 4.69) is 14.8 Å². The van der Waals surface area contributed by atoms with Gasteiger partial charge in [0, 0.05) is 23.2 Å². The maximum Gasteiger partial charge on any atom is 0.289 e. The lowest BCUT2D eigenvalue weighted by Gasteiger charge is -2.09. The van der Waals surface area contributed by atoms with Crippen LogP contribution < -0.4 is 9.46 Å². The molecule has 1 amide bonds. The monoisotopic (exact) mass is 408 g/mol. The van der Waals surface area contributed by atoms with Crippen LogP contribution in [0, 0.1) is 0 Å². The topological polar surface area (TPSA) is 103 Å². The molecule has 0 aliphatic rings. The highest BCUT2D eigenvalue weighted by Crippen LogP contribution is 2.23. The van der Waals surface area contributed by atoms with Crippen LogP contribution in [-0.4, -0.2) is 36.2 Å². The fraction of sp³-hybridized carbons (Fsp3) is 0.0500. The molecule has 8 nitrogen and oxygen atoms in total. The second-order valence-corrected chi connectivity index (χ2v) is 7.76. The summed E-state index contributed by atoms with van der Waals surface area (Å²) in [6.45, 7) is 0. The van der Waals surface area contributed by atoms with Gasteiger partial charge in [0.1, 0.15) is 0 Å². The normalized spacial score (nSPS) is 11.3.